The Morgan fingerprint density at radius 2 is 2.20 bits per heavy atom. The highest BCUT2D eigenvalue weighted by atomic mass is 32.2. The molecule has 8 heteroatoms. The molecule has 2 rings (SSSR count). The smallest absolute Gasteiger partial charge is 0.261 e. The van der Waals surface area contributed by atoms with Crippen LogP contribution in [0, 0.1) is 17.1 Å². The third-order valence-electron chi connectivity index (χ3n) is 3.18. The van der Waals surface area contributed by atoms with E-state index >= 15 is 0 Å². The summed E-state index contributed by atoms with van der Waals surface area (Å²) in [5.74, 6) is -0.859. The van der Waals surface area contributed by atoms with Crippen molar-refractivity contribution in [3.63, 3.8) is 0 Å². The van der Waals surface area contributed by atoms with Gasteiger partial charge in [-0.15, -0.1) is 0 Å². The van der Waals surface area contributed by atoms with Gasteiger partial charge in [0, 0.05) is 25.3 Å². The molecule has 2 heterocycles. The SMILES string of the molecule is N#CCN1CCC(NS(=O)(=O)c2ncccc2F)CC1. The van der Waals surface area contributed by atoms with Crippen LogP contribution in [0.5, 0.6) is 0 Å². The first-order chi connectivity index (χ1) is 9.53. The molecular weight excluding hydrogens is 283 g/mol. The standard InChI is InChI=1S/C12H15FN4O2S/c13-11-2-1-6-15-12(11)20(18,19)16-10-3-7-17(8-4-10)9-5-14/h1-2,6,10,16H,3-4,7-9H2. The maximum absolute atomic E-state index is 13.5. The van der Waals surface area contributed by atoms with Crippen molar-refractivity contribution in [3.05, 3.63) is 24.1 Å². The van der Waals surface area contributed by atoms with Crippen LogP contribution in [0.2, 0.25) is 0 Å². The fourth-order valence-electron chi connectivity index (χ4n) is 2.15. The summed E-state index contributed by atoms with van der Waals surface area (Å²) in [6.07, 6.45) is 2.43. The van der Waals surface area contributed by atoms with E-state index in [4.69, 9.17) is 5.26 Å². The molecular formula is C12H15FN4O2S. The Balaban J connectivity index is 2.01. The summed E-state index contributed by atoms with van der Waals surface area (Å²) in [5.41, 5.74) is 0. The Kier molecular flexibility index (Phi) is 4.65. The highest BCUT2D eigenvalue weighted by molar-refractivity contribution is 7.89. The molecule has 1 aromatic heterocycles. The first-order valence-electron chi connectivity index (χ1n) is 6.25. The molecule has 1 fully saturated rings. The van der Waals surface area contributed by atoms with Gasteiger partial charge in [-0.25, -0.2) is 22.5 Å². The number of aromatic nitrogens is 1. The molecule has 1 N–H and O–H groups in total. The lowest BCUT2D eigenvalue weighted by molar-refractivity contribution is 0.228. The molecule has 20 heavy (non-hydrogen) atoms. The zero-order valence-electron chi connectivity index (χ0n) is 10.8. The number of nitrogens with one attached hydrogen (secondary N) is 1. The maximum Gasteiger partial charge on any atom is 0.261 e. The maximum atomic E-state index is 13.5. The average Bonchev–Trinajstić information content (AvgIpc) is 2.41. The second-order valence-corrected chi connectivity index (χ2v) is 6.25. The van der Waals surface area contributed by atoms with E-state index in [-0.39, 0.29) is 6.04 Å². The number of piperidine rings is 1. The van der Waals surface area contributed by atoms with Gasteiger partial charge in [0.2, 0.25) is 5.03 Å². The van der Waals surface area contributed by atoms with Crippen molar-refractivity contribution in [1.29, 1.82) is 5.26 Å². The zero-order chi connectivity index (χ0) is 14.6. The topological polar surface area (TPSA) is 86.1 Å². The van der Waals surface area contributed by atoms with Crippen LogP contribution in [0.3, 0.4) is 0 Å². The Labute approximate surface area is 117 Å². The summed E-state index contributed by atoms with van der Waals surface area (Å²) in [6, 6.07) is 4.22. The lowest BCUT2D eigenvalue weighted by Gasteiger charge is -2.30. The third kappa shape index (κ3) is 3.50. The monoisotopic (exact) mass is 298 g/mol. The Morgan fingerprint density at radius 3 is 2.80 bits per heavy atom. The summed E-state index contributed by atoms with van der Waals surface area (Å²) in [6.45, 7) is 1.63. The summed E-state index contributed by atoms with van der Waals surface area (Å²) >= 11 is 0. The van der Waals surface area contributed by atoms with Crippen LogP contribution in [0.25, 0.3) is 0 Å². The first kappa shape index (κ1) is 14.8. The van der Waals surface area contributed by atoms with E-state index in [1.54, 1.807) is 0 Å². The molecule has 0 bridgehead atoms. The minimum atomic E-state index is -3.94. The number of pyridine rings is 1. The predicted molar refractivity (Wildman–Crippen MR) is 69.6 cm³/mol. The Hall–Kier alpha value is -1.56. The van der Waals surface area contributed by atoms with Crippen molar-refractivity contribution < 1.29 is 12.8 Å². The number of nitriles is 1. The average molecular weight is 298 g/mol. The fourth-order valence-corrected chi connectivity index (χ4v) is 3.46. The van der Waals surface area contributed by atoms with Crippen molar-refractivity contribution in [3.8, 4) is 6.07 Å². The van der Waals surface area contributed by atoms with E-state index < -0.39 is 20.9 Å². The molecule has 1 saturated heterocycles. The highest BCUT2D eigenvalue weighted by Crippen LogP contribution is 2.15. The predicted octanol–water partition coefficient (Wildman–Crippen LogP) is 0.487. The molecule has 0 unspecified atom stereocenters. The number of likely N-dealkylation sites (tertiary alicyclic amines) is 1. The number of halogens is 1. The number of sulfonamides is 1. The van der Waals surface area contributed by atoms with Gasteiger partial charge in [-0.2, -0.15) is 5.26 Å². The van der Waals surface area contributed by atoms with Gasteiger partial charge >= 0.3 is 0 Å². The van der Waals surface area contributed by atoms with Crippen LogP contribution in [-0.2, 0) is 10.0 Å². The van der Waals surface area contributed by atoms with Crippen LogP contribution in [0.15, 0.2) is 23.4 Å². The van der Waals surface area contributed by atoms with Crippen LogP contribution < -0.4 is 4.72 Å². The zero-order valence-corrected chi connectivity index (χ0v) is 11.6. The van der Waals surface area contributed by atoms with Crippen molar-refractivity contribution in [2.75, 3.05) is 19.6 Å². The molecule has 0 atom stereocenters. The summed E-state index contributed by atoms with van der Waals surface area (Å²) in [5, 5.41) is 8.03. The van der Waals surface area contributed by atoms with E-state index in [0.717, 1.165) is 6.07 Å². The molecule has 0 spiro atoms. The van der Waals surface area contributed by atoms with Gasteiger partial charge in [-0.05, 0) is 25.0 Å². The normalized spacial score (nSPS) is 17.8. The minimum absolute atomic E-state index is 0.253. The van der Waals surface area contributed by atoms with Crippen molar-refractivity contribution in [2.24, 2.45) is 0 Å². The Morgan fingerprint density at radius 1 is 1.50 bits per heavy atom. The van der Waals surface area contributed by atoms with Gasteiger partial charge in [-0.1, -0.05) is 0 Å². The summed E-state index contributed by atoms with van der Waals surface area (Å²) < 4.78 is 40.0. The van der Waals surface area contributed by atoms with Crippen LogP contribution in [0.4, 0.5) is 4.39 Å². The van der Waals surface area contributed by atoms with Gasteiger partial charge in [0.15, 0.2) is 5.82 Å². The summed E-state index contributed by atoms with van der Waals surface area (Å²) in [7, 11) is -3.94. The van der Waals surface area contributed by atoms with Gasteiger partial charge in [0.25, 0.3) is 10.0 Å². The van der Waals surface area contributed by atoms with E-state index in [9.17, 15) is 12.8 Å². The number of rotatable bonds is 4. The lowest BCUT2D eigenvalue weighted by atomic mass is 10.1. The largest absolute Gasteiger partial charge is 0.290 e. The molecule has 0 aliphatic carbocycles. The van der Waals surface area contributed by atoms with E-state index in [2.05, 4.69) is 15.8 Å². The van der Waals surface area contributed by atoms with Crippen LogP contribution >= 0.6 is 0 Å². The molecule has 1 aliphatic rings. The quantitative estimate of drug-likeness (QED) is 0.817. The summed E-state index contributed by atoms with van der Waals surface area (Å²) in [4.78, 5) is 5.53. The minimum Gasteiger partial charge on any atom is -0.290 e. The molecule has 108 valence electrons. The van der Waals surface area contributed by atoms with Gasteiger partial charge in [-0.3, -0.25) is 4.90 Å². The number of nitrogens with zero attached hydrogens (tertiary/aromatic N) is 3. The van der Waals surface area contributed by atoms with Crippen molar-refractivity contribution in [1.82, 2.24) is 14.6 Å². The van der Waals surface area contributed by atoms with Gasteiger partial charge in [0.05, 0.1) is 12.6 Å². The van der Waals surface area contributed by atoms with E-state index in [1.165, 1.54) is 12.3 Å². The van der Waals surface area contributed by atoms with Gasteiger partial charge < -0.3 is 0 Å². The molecule has 0 radical (unpaired) electrons. The van der Waals surface area contributed by atoms with Crippen molar-refractivity contribution >= 4 is 10.0 Å². The fraction of sp³-hybridized carbons (Fsp3) is 0.500. The third-order valence-corrected chi connectivity index (χ3v) is 4.64. The molecule has 1 aromatic rings. The molecule has 6 nitrogen and oxygen atoms in total. The van der Waals surface area contributed by atoms with Gasteiger partial charge in [0.1, 0.15) is 0 Å². The number of hydrogen-bond acceptors (Lipinski definition) is 5. The van der Waals surface area contributed by atoms with Crippen LogP contribution in [-0.4, -0.2) is 44.0 Å². The number of hydrogen-bond donors (Lipinski definition) is 1. The highest BCUT2D eigenvalue weighted by Gasteiger charge is 2.27. The second-order valence-electron chi connectivity index (χ2n) is 4.62. The molecule has 0 saturated carbocycles. The lowest BCUT2D eigenvalue weighted by Crippen LogP contribution is -2.44. The van der Waals surface area contributed by atoms with E-state index in [0.29, 0.717) is 32.5 Å². The molecule has 0 aromatic carbocycles. The molecule has 1 aliphatic heterocycles. The second kappa shape index (κ2) is 6.26. The van der Waals surface area contributed by atoms with Crippen molar-refractivity contribution in [2.45, 2.75) is 23.9 Å². The first-order valence-corrected chi connectivity index (χ1v) is 7.73. The van der Waals surface area contributed by atoms with Crippen LogP contribution in [0.1, 0.15) is 12.8 Å². The molecule has 0 amide bonds. The van der Waals surface area contributed by atoms with E-state index in [1.807, 2.05) is 4.90 Å². The Bertz CT molecular complexity index is 606.